The second-order valence-electron chi connectivity index (χ2n) is 2.02. The first-order valence-electron chi connectivity index (χ1n) is 3.19. The number of hydrogen-bond donors (Lipinski definition) is 0. The Morgan fingerprint density at radius 1 is 1.55 bits per heavy atom. The van der Waals surface area contributed by atoms with Crippen molar-refractivity contribution < 1.29 is 0 Å². The van der Waals surface area contributed by atoms with Crippen molar-refractivity contribution in [2.24, 2.45) is 0 Å². The van der Waals surface area contributed by atoms with Gasteiger partial charge < -0.3 is 0 Å². The lowest BCUT2D eigenvalue weighted by molar-refractivity contribution is 1.11. The quantitative estimate of drug-likeness (QED) is 0.714. The Hall–Kier alpha value is -0.340. The van der Waals surface area contributed by atoms with Crippen LogP contribution in [0.3, 0.4) is 0 Å². The Morgan fingerprint density at radius 2 is 2.36 bits per heavy atom. The monoisotopic (exact) mass is 231 g/mol. The number of halogens is 2. The Balaban J connectivity index is 2.71. The van der Waals surface area contributed by atoms with E-state index in [2.05, 4.69) is 20.9 Å². The van der Waals surface area contributed by atoms with Crippen molar-refractivity contribution in [3.63, 3.8) is 0 Å². The normalized spacial score (nSPS) is 10.7. The molecule has 1 nitrogen and oxygen atoms in total. The lowest BCUT2D eigenvalue weighted by Gasteiger charge is -1.94. The number of aromatic nitrogens is 1. The van der Waals surface area contributed by atoms with Gasteiger partial charge in [0, 0.05) is 12.1 Å². The Kier molecular flexibility index (Phi) is 3.60. The first-order valence-corrected chi connectivity index (χ1v) is 4.49. The third-order valence-electron chi connectivity index (χ3n) is 1.19. The van der Waals surface area contributed by atoms with Gasteiger partial charge in [0.15, 0.2) is 0 Å². The highest BCUT2D eigenvalue weighted by Gasteiger charge is 1.91. The smallest absolute Gasteiger partial charge is 0.129 e. The van der Waals surface area contributed by atoms with Crippen LogP contribution in [-0.2, 0) is 6.42 Å². The van der Waals surface area contributed by atoms with Crippen molar-refractivity contribution in [2.75, 3.05) is 0 Å². The van der Waals surface area contributed by atoms with Crippen LogP contribution in [0.1, 0.15) is 5.69 Å². The minimum Gasteiger partial charge on any atom is -0.241 e. The first-order chi connectivity index (χ1) is 5.33. The molecule has 0 atom stereocenters. The third-order valence-corrected chi connectivity index (χ3v) is 1.77. The number of hydrogen-bond acceptors (Lipinski definition) is 1. The summed E-state index contributed by atoms with van der Waals surface area (Å²) in [6.07, 6.45) is 2.78. The molecule has 3 heteroatoms. The molecular weight excluding hydrogens is 225 g/mol. The van der Waals surface area contributed by atoms with Gasteiger partial charge in [-0.05, 0) is 17.1 Å². The molecule has 0 fully saturated rings. The van der Waals surface area contributed by atoms with Gasteiger partial charge in [-0.1, -0.05) is 39.7 Å². The van der Waals surface area contributed by atoms with E-state index in [-0.39, 0.29) is 0 Å². The van der Waals surface area contributed by atoms with Crippen LogP contribution in [0.4, 0.5) is 0 Å². The molecule has 0 bridgehead atoms. The van der Waals surface area contributed by atoms with Crippen LogP contribution in [0, 0.1) is 0 Å². The van der Waals surface area contributed by atoms with Gasteiger partial charge >= 0.3 is 0 Å². The number of pyridine rings is 1. The van der Waals surface area contributed by atoms with Crippen LogP contribution in [0.15, 0.2) is 29.3 Å². The summed E-state index contributed by atoms with van der Waals surface area (Å²) in [6, 6.07) is 5.61. The van der Waals surface area contributed by atoms with Gasteiger partial charge in [0.1, 0.15) is 5.15 Å². The van der Waals surface area contributed by atoms with Crippen LogP contribution in [-0.4, -0.2) is 4.98 Å². The molecule has 58 valence electrons. The Morgan fingerprint density at radius 3 is 3.00 bits per heavy atom. The van der Waals surface area contributed by atoms with Gasteiger partial charge in [0.25, 0.3) is 0 Å². The molecule has 0 aliphatic carbocycles. The summed E-state index contributed by atoms with van der Waals surface area (Å²) in [5.74, 6) is 0. The van der Waals surface area contributed by atoms with E-state index in [1.807, 2.05) is 23.2 Å². The highest BCUT2D eigenvalue weighted by atomic mass is 79.9. The first kappa shape index (κ1) is 8.75. The molecule has 0 spiro atoms. The van der Waals surface area contributed by atoms with E-state index < -0.39 is 0 Å². The fourth-order valence-corrected chi connectivity index (χ4v) is 1.10. The summed E-state index contributed by atoms with van der Waals surface area (Å²) in [4.78, 5) is 5.92. The van der Waals surface area contributed by atoms with E-state index in [1.54, 1.807) is 6.07 Å². The minimum absolute atomic E-state index is 0.547. The third kappa shape index (κ3) is 3.04. The standard InChI is InChI=1S/C8H7BrClN/c9-6-2-4-7-3-1-5-8(10)11-7/h1-3,5-6H,4H2. The van der Waals surface area contributed by atoms with Gasteiger partial charge in [-0.25, -0.2) is 4.98 Å². The molecule has 0 aliphatic heterocycles. The maximum Gasteiger partial charge on any atom is 0.129 e. The van der Waals surface area contributed by atoms with Crippen LogP contribution >= 0.6 is 27.5 Å². The molecule has 0 saturated carbocycles. The molecule has 0 unspecified atom stereocenters. The van der Waals surface area contributed by atoms with Crippen LogP contribution in [0.25, 0.3) is 0 Å². The summed E-state index contributed by atoms with van der Waals surface area (Å²) in [5.41, 5.74) is 0.980. The molecule has 0 N–H and O–H groups in total. The van der Waals surface area contributed by atoms with Crippen molar-refractivity contribution in [1.82, 2.24) is 4.98 Å². The van der Waals surface area contributed by atoms with Gasteiger partial charge in [-0.2, -0.15) is 0 Å². The van der Waals surface area contributed by atoms with E-state index in [9.17, 15) is 0 Å². The zero-order valence-corrected chi connectivity index (χ0v) is 8.14. The minimum atomic E-state index is 0.547. The maximum atomic E-state index is 5.68. The molecule has 1 heterocycles. The zero-order chi connectivity index (χ0) is 8.10. The summed E-state index contributed by atoms with van der Waals surface area (Å²) in [6.45, 7) is 0. The lowest BCUT2D eigenvalue weighted by Crippen LogP contribution is -1.85. The molecule has 1 aromatic rings. The summed E-state index contributed by atoms with van der Waals surface area (Å²) >= 11 is 8.86. The van der Waals surface area contributed by atoms with E-state index in [0.717, 1.165) is 12.1 Å². The predicted octanol–water partition coefficient (Wildman–Crippen LogP) is 3.19. The fourth-order valence-electron chi connectivity index (χ4n) is 0.729. The van der Waals surface area contributed by atoms with E-state index in [1.165, 1.54) is 0 Å². The molecule has 0 aliphatic rings. The summed E-state index contributed by atoms with van der Waals surface area (Å²) in [7, 11) is 0. The zero-order valence-electron chi connectivity index (χ0n) is 5.80. The van der Waals surface area contributed by atoms with Crippen LogP contribution < -0.4 is 0 Å². The number of allylic oxidation sites excluding steroid dienone is 1. The molecule has 1 rings (SSSR count). The molecule has 11 heavy (non-hydrogen) atoms. The second kappa shape index (κ2) is 4.52. The van der Waals surface area contributed by atoms with Crippen molar-refractivity contribution in [3.8, 4) is 0 Å². The summed E-state index contributed by atoms with van der Waals surface area (Å²) < 4.78 is 0. The van der Waals surface area contributed by atoms with Gasteiger partial charge in [-0.3, -0.25) is 0 Å². The second-order valence-corrected chi connectivity index (χ2v) is 2.93. The van der Waals surface area contributed by atoms with Crippen molar-refractivity contribution in [2.45, 2.75) is 6.42 Å². The van der Waals surface area contributed by atoms with Gasteiger partial charge in [-0.15, -0.1) is 0 Å². The maximum absolute atomic E-state index is 5.68. The number of rotatable bonds is 2. The molecule has 1 aromatic heterocycles. The van der Waals surface area contributed by atoms with E-state index in [4.69, 9.17) is 11.6 Å². The van der Waals surface area contributed by atoms with Crippen molar-refractivity contribution in [3.05, 3.63) is 40.1 Å². The molecule has 0 saturated heterocycles. The molecule has 0 amide bonds. The largest absolute Gasteiger partial charge is 0.241 e. The average molecular weight is 233 g/mol. The van der Waals surface area contributed by atoms with Gasteiger partial charge in [0.05, 0.1) is 0 Å². The SMILES string of the molecule is Clc1cccc(CC=CBr)n1. The van der Waals surface area contributed by atoms with Crippen LogP contribution in [0.2, 0.25) is 5.15 Å². The predicted molar refractivity (Wildman–Crippen MR) is 51.0 cm³/mol. The molecule has 0 radical (unpaired) electrons. The highest BCUT2D eigenvalue weighted by Crippen LogP contribution is 2.05. The number of nitrogens with zero attached hydrogens (tertiary/aromatic N) is 1. The topological polar surface area (TPSA) is 12.9 Å². The summed E-state index contributed by atoms with van der Waals surface area (Å²) in [5, 5.41) is 0.547. The Labute approximate surface area is 79.2 Å². The van der Waals surface area contributed by atoms with Crippen molar-refractivity contribution >= 4 is 27.5 Å². The lowest BCUT2D eigenvalue weighted by atomic mass is 10.3. The van der Waals surface area contributed by atoms with E-state index in [0.29, 0.717) is 5.15 Å². The Bertz CT molecular complexity index is 260. The fraction of sp³-hybridized carbons (Fsp3) is 0.125. The highest BCUT2D eigenvalue weighted by molar-refractivity contribution is 9.11. The van der Waals surface area contributed by atoms with Crippen LogP contribution in [0.5, 0.6) is 0 Å². The van der Waals surface area contributed by atoms with Crippen molar-refractivity contribution in [1.29, 1.82) is 0 Å². The van der Waals surface area contributed by atoms with E-state index >= 15 is 0 Å². The average Bonchev–Trinajstić information content (AvgIpc) is 2.01. The molecule has 0 aromatic carbocycles. The molecular formula is C8H7BrClN. The van der Waals surface area contributed by atoms with Gasteiger partial charge in [0.2, 0.25) is 0 Å².